The second kappa shape index (κ2) is 11.6. The minimum atomic E-state index is -0.893. The SMILES string of the molecule is COc1c(F)cc(C2=NC3(CCC(C(C)(C)C)CC3)N([C@@H](c3ccc(C(=O)NCC(=N)N=N)cc3)C3CC3)C2=O)cc1F. The molecule has 1 atom stereocenters. The molecule has 3 N–H and O–H groups in total. The highest BCUT2D eigenvalue weighted by molar-refractivity contribution is 6.46. The quantitative estimate of drug-likeness (QED) is 0.186. The van der Waals surface area contributed by atoms with Crippen molar-refractivity contribution in [1.82, 2.24) is 10.2 Å². The monoisotopic (exact) mass is 592 g/mol. The lowest BCUT2D eigenvalue weighted by Gasteiger charge is -2.47. The third-order valence-electron chi connectivity index (χ3n) is 9.09. The summed E-state index contributed by atoms with van der Waals surface area (Å²) >= 11 is 0. The van der Waals surface area contributed by atoms with Crippen molar-refractivity contribution in [3.8, 4) is 5.75 Å². The Balaban J connectivity index is 1.51. The molecule has 0 saturated heterocycles. The molecule has 228 valence electrons. The van der Waals surface area contributed by atoms with Gasteiger partial charge in [0.05, 0.1) is 19.7 Å². The van der Waals surface area contributed by atoms with Crippen LogP contribution in [0.4, 0.5) is 8.78 Å². The zero-order valence-corrected chi connectivity index (χ0v) is 25.0. The van der Waals surface area contributed by atoms with Gasteiger partial charge in [-0.1, -0.05) is 32.9 Å². The molecule has 2 saturated carbocycles. The normalized spacial score (nSPS) is 22.7. The highest BCUT2D eigenvalue weighted by Gasteiger charge is 2.55. The van der Waals surface area contributed by atoms with Gasteiger partial charge in [-0.2, -0.15) is 0 Å². The molecule has 5 rings (SSSR count). The second-order valence-corrected chi connectivity index (χ2v) is 12.9. The molecular formula is C32H38F2N6O3. The molecule has 11 heteroatoms. The molecule has 0 unspecified atom stereocenters. The van der Waals surface area contributed by atoms with Gasteiger partial charge in [0.2, 0.25) is 0 Å². The summed E-state index contributed by atoms with van der Waals surface area (Å²) in [6.45, 7) is 6.52. The number of methoxy groups -OCH3 is 1. The fourth-order valence-corrected chi connectivity index (χ4v) is 6.56. The number of aliphatic imine (C=N–C) groups is 1. The van der Waals surface area contributed by atoms with Crippen molar-refractivity contribution in [3.05, 3.63) is 64.7 Å². The van der Waals surface area contributed by atoms with Crippen molar-refractivity contribution in [3.63, 3.8) is 0 Å². The van der Waals surface area contributed by atoms with Crippen LogP contribution in [0.5, 0.6) is 5.75 Å². The zero-order valence-electron chi connectivity index (χ0n) is 25.0. The Labute approximate surface area is 250 Å². The Morgan fingerprint density at radius 2 is 1.74 bits per heavy atom. The molecule has 2 aliphatic carbocycles. The molecule has 1 heterocycles. The standard InChI is InChI=1S/C32H38F2N6O3/c1-31(2,3)22-11-13-32(14-12-22)38-26(21-15-23(33)28(43-4)24(34)16-21)30(42)40(32)27(18-5-6-18)19-7-9-20(10-8-19)29(41)37-17-25(35)39-36/h7-10,15-16,18,22,27,35-36H,5-6,11-14,17H2,1-4H3,(H,37,41)/t22?,27-,32?/m1/s1. The molecule has 9 nitrogen and oxygen atoms in total. The van der Waals surface area contributed by atoms with Crippen LogP contribution >= 0.6 is 0 Å². The lowest BCUT2D eigenvalue weighted by molar-refractivity contribution is -0.134. The number of carbonyl (C=O) groups excluding carboxylic acids is 2. The molecular weight excluding hydrogens is 554 g/mol. The Hall–Kier alpha value is -4.02. The summed E-state index contributed by atoms with van der Waals surface area (Å²) in [6.07, 6.45) is 4.87. The number of rotatable bonds is 8. The molecule has 1 aliphatic heterocycles. The highest BCUT2D eigenvalue weighted by atomic mass is 19.1. The van der Waals surface area contributed by atoms with E-state index in [1.54, 1.807) is 12.1 Å². The number of hydrogen-bond donors (Lipinski definition) is 3. The van der Waals surface area contributed by atoms with E-state index in [1.807, 2.05) is 17.0 Å². The molecule has 1 spiro atoms. The van der Waals surface area contributed by atoms with Crippen LogP contribution in [-0.2, 0) is 4.79 Å². The van der Waals surface area contributed by atoms with Crippen molar-refractivity contribution >= 4 is 23.4 Å². The van der Waals surface area contributed by atoms with E-state index in [-0.39, 0.29) is 46.9 Å². The Morgan fingerprint density at radius 3 is 2.26 bits per heavy atom. The maximum atomic E-state index is 14.8. The van der Waals surface area contributed by atoms with Crippen LogP contribution in [0.1, 0.15) is 86.8 Å². The molecule has 0 radical (unpaired) electrons. The first-order valence-electron chi connectivity index (χ1n) is 14.7. The smallest absolute Gasteiger partial charge is 0.275 e. The van der Waals surface area contributed by atoms with Crippen LogP contribution in [0, 0.1) is 39.8 Å². The summed E-state index contributed by atoms with van der Waals surface area (Å²) in [7, 11) is 1.19. The molecule has 2 aromatic carbocycles. The fourth-order valence-electron chi connectivity index (χ4n) is 6.56. The van der Waals surface area contributed by atoms with Gasteiger partial charge in [0.25, 0.3) is 11.8 Å². The minimum Gasteiger partial charge on any atom is -0.491 e. The van der Waals surface area contributed by atoms with E-state index >= 15 is 0 Å². The van der Waals surface area contributed by atoms with E-state index in [2.05, 4.69) is 31.2 Å². The second-order valence-electron chi connectivity index (χ2n) is 12.9. The van der Waals surface area contributed by atoms with Crippen molar-refractivity contribution in [2.45, 2.75) is 71.0 Å². The lowest BCUT2D eigenvalue weighted by atomic mass is 9.69. The number of hydrogen-bond acceptors (Lipinski definition) is 6. The van der Waals surface area contributed by atoms with Gasteiger partial charge in [0.15, 0.2) is 23.2 Å². The number of benzene rings is 2. The van der Waals surface area contributed by atoms with Gasteiger partial charge in [-0.3, -0.25) is 20.0 Å². The number of amides is 2. The maximum Gasteiger partial charge on any atom is 0.275 e. The van der Waals surface area contributed by atoms with E-state index in [9.17, 15) is 18.4 Å². The van der Waals surface area contributed by atoms with Crippen molar-refractivity contribution in [2.24, 2.45) is 27.4 Å². The first-order valence-corrected chi connectivity index (χ1v) is 14.7. The molecule has 43 heavy (non-hydrogen) atoms. The van der Waals surface area contributed by atoms with Crippen molar-refractivity contribution in [2.75, 3.05) is 13.7 Å². The Kier molecular flexibility index (Phi) is 8.20. The van der Waals surface area contributed by atoms with Crippen LogP contribution in [0.3, 0.4) is 0 Å². The Bertz CT molecular complexity index is 1450. The number of carbonyl (C=O) groups is 2. The van der Waals surface area contributed by atoms with Crippen LogP contribution in [0.2, 0.25) is 0 Å². The van der Waals surface area contributed by atoms with Crippen LogP contribution < -0.4 is 10.1 Å². The summed E-state index contributed by atoms with van der Waals surface area (Å²) in [4.78, 5) is 33.8. The van der Waals surface area contributed by atoms with Gasteiger partial charge in [-0.15, -0.1) is 5.11 Å². The largest absolute Gasteiger partial charge is 0.491 e. The van der Waals surface area contributed by atoms with Crippen molar-refractivity contribution in [1.29, 1.82) is 10.9 Å². The van der Waals surface area contributed by atoms with E-state index in [0.29, 0.717) is 24.3 Å². The predicted molar refractivity (Wildman–Crippen MR) is 158 cm³/mol. The van der Waals surface area contributed by atoms with Gasteiger partial charge in [0, 0.05) is 11.1 Å². The van der Waals surface area contributed by atoms with E-state index < -0.39 is 29.0 Å². The Morgan fingerprint density at radius 1 is 1.14 bits per heavy atom. The average molecular weight is 593 g/mol. The van der Waals surface area contributed by atoms with E-state index in [1.165, 1.54) is 7.11 Å². The molecule has 2 amide bonds. The third-order valence-corrected chi connectivity index (χ3v) is 9.09. The summed E-state index contributed by atoms with van der Waals surface area (Å²) in [5.74, 6) is -2.65. The molecule has 2 aromatic rings. The van der Waals surface area contributed by atoms with Gasteiger partial charge in [-0.05, 0) is 85.6 Å². The van der Waals surface area contributed by atoms with Gasteiger partial charge < -0.3 is 15.0 Å². The fraction of sp³-hybridized carbons (Fsp3) is 0.500. The minimum absolute atomic E-state index is 0.0542. The summed E-state index contributed by atoms with van der Waals surface area (Å²) in [5, 5.41) is 13.0. The number of halogens is 2. The van der Waals surface area contributed by atoms with Crippen molar-refractivity contribution < 1.29 is 23.1 Å². The summed E-state index contributed by atoms with van der Waals surface area (Å²) in [5.41, 5.74) is 7.52. The molecule has 3 aliphatic rings. The zero-order chi connectivity index (χ0) is 31.1. The van der Waals surface area contributed by atoms with Crippen LogP contribution in [0.15, 0.2) is 46.5 Å². The average Bonchev–Trinajstić information content (AvgIpc) is 3.78. The number of nitrogens with one attached hydrogen (secondary N) is 3. The van der Waals surface area contributed by atoms with E-state index in [4.69, 9.17) is 20.7 Å². The number of ether oxygens (including phenoxy) is 1. The maximum absolute atomic E-state index is 14.8. The number of amidine groups is 1. The predicted octanol–water partition coefficient (Wildman–Crippen LogP) is 6.43. The topological polar surface area (TPSA) is 131 Å². The lowest BCUT2D eigenvalue weighted by Crippen LogP contribution is -2.52. The van der Waals surface area contributed by atoms with Gasteiger partial charge in [0.1, 0.15) is 11.4 Å². The van der Waals surface area contributed by atoms with E-state index in [0.717, 1.165) is 43.4 Å². The summed E-state index contributed by atoms with van der Waals surface area (Å²) in [6, 6.07) is 8.95. The summed E-state index contributed by atoms with van der Waals surface area (Å²) < 4.78 is 34.4. The van der Waals surface area contributed by atoms with Gasteiger partial charge in [-0.25, -0.2) is 14.3 Å². The molecule has 0 bridgehead atoms. The number of nitrogens with zero attached hydrogens (tertiary/aromatic N) is 3. The molecule has 2 fully saturated rings. The first-order chi connectivity index (χ1) is 20.4. The first kappa shape index (κ1) is 30.4. The van der Waals surface area contributed by atoms with Crippen LogP contribution in [0.25, 0.3) is 0 Å². The van der Waals surface area contributed by atoms with Gasteiger partial charge >= 0.3 is 0 Å². The third kappa shape index (κ3) is 5.94. The molecule has 0 aromatic heterocycles. The van der Waals surface area contributed by atoms with Crippen LogP contribution in [-0.4, -0.2) is 47.6 Å². The highest BCUT2D eigenvalue weighted by Crippen LogP contribution is 2.54.